The molecule has 0 aromatic carbocycles. The molecular formula is C15H15N5O2S. The first-order valence-electron chi connectivity index (χ1n) is 7.32. The Morgan fingerprint density at radius 3 is 3.13 bits per heavy atom. The number of pyridine rings is 1. The molecule has 7 nitrogen and oxygen atoms in total. The van der Waals surface area contributed by atoms with Crippen LogP contribution in [0.1, 0.15) is 27.4 Å². The van der Waals surface area contributed by atoms with E-state index in [2.05, 4.69) is 25.0 Å². The first-order chi connectivity index (χ1) is 11.1. The number of amides is 1. The zero-order chi connectivity index (χ0) is 16.0. The number of aromatic nitrogens is 4. The lowest BCUT2D eigenvalue weighted by Crippen LogP contribution is -2.23. The van der Waals surface area contributed by atoms with Crippen molar-refractivity contribution in [3.8, 4) is 0 Å². The van der Waals surface area contributed by atoms with Crippen molar-refractivity contribution < 1.29 is 9.32 Å². The molecule has 0 aliphatic carbocycles. The van der Waals surface area contributed by atoms with Crippen LogP contribution in [0.25, 0.3) is 11.1 Å². The Labute approximate surface area is 136 Å². The van der Waals surface area contributed by atoms with Crippen molar-refractivity contribution in [2.75, 3.05) is 5.75 Å². The number of nitrogens with zero attached hydrogens (tertiary/aromatic N) is 4. The third kappa shape index (κ3) is 2.48. The van der Waals surface area contributed by atoms with Gasteiger partial charge in [0, 0.05) is 24.2 Å². The lowest BCUT2D eigenvalue weighted by Gasteiger charge is -2.05. The van der Waals surface area contributed by atoms with Gasteiger partial charge >= 0.3 is 0 Å². The summed E-state index contributed by atoms with van der Waals surface area (Å²) in [5, 5.41) is 8.50. The Bertz CT molecular complexity index is 893. The number of carbonyl (C=O) groups is 1. The second kappa shape index (κ2) is 5.38. The van der Waals surface area contributed by atoms with Gasteiger partial charge in [-0.2, -0.15) is 0 Å². The second-order valence-corrected chi connectivity index (χ2v) is 6.56. The van der Waals surface area contributed by atoms with E-state index in [0.29, 0.717) is 28.9 Å². The van der Waals surface area contributed by atoms with E-state index in [4.69, 9.17) is 4.52 Å². The number of carbonyl (C=O) groups excluding carboxylic acids is 1. The maximum atomic E-state index is 12.6. The fraction of sp³-hybridized carbons (Fsp3) is 0.333. The summed E-state index contributed by atoms with van der Waals surface area (Å²) in [5.41, 5.74) is 3.17. The average molecular weight is 329 g/mol. The van der Waals surface area contributed by atoms with Crippen molar-refractivity contribution in [3.05, 3.63) is 34.9 Å². The lowest BCUT2D eigenvalue weighted by molar-refractivity contribution is 0.0952. The molecular weight excluding hydrogens is 314 g/mol. The highest BCUT2D eigenvalue weighted by atomic mass is 32.2. The Morgan fingerprint density at radius 2 is 2.30 bits per heavy atom. The molecule has 23 heavy (non-hydrogen) atoms. The van der Waals surface area contributed by atoms with Crippen molar-refractivity contribution in [3.63, 3.8) is 0 Å². The highest BCUT2D eigenvalue weighted by Gasteiger charge is 2.19. The van der Waals surface area contributed by atoms with E-state index in [-0.39, 0.29) is 5.91 Å². The van der Waals surface area contributed by atoms with Crippen LogP contribution in [-0.4, -0.2) is 31.4 Å². The maximum absolute atomic E-state index is 12.6. The molecule has 0 spiro atoms. The monoisotopic (exact) mass is 329 g/mol. The minimum absolute atomic E-state index is 0.174. The van der Waals surface area contributed by atoms with Gasteiger partial charge in [0.05, 0.1) is 28.9 Å². The number of fused-ring (bicyclic) bond motifs is 2. The quantitative estimate of drug-likeness (QED) is 0.792. The van der Waals surface area contributed by atoms with Gasteiger partial charge in [0.2, 0.25) is 0 Å². The van der Waals surface area contributed by atoms with Crippen molar-refractivity contribution >= 4 is 28.8 Å². The molecule has 0 saturated heterocycles. The van der Waals surface area contributed by atoms with Crippen LogP contribution in [-0.2, 0) is 13.1 Å². The van der Waals surface area contributed by atoms with Gasteiger partial charge in [0.15, 0.2) is 5.16 Å². The molecule has 0 saturated carbocycles. The van der Waals surface area contributed by atoms with Crippen LogP contribution in [0.4, 0.5) is 0 Å². The zero-order valence-corrected chi connectivity index (χ0v) is 13.6. The number of rotatable bonds is 3. The van der Waals surface area contributed by atoms with Gasteiger partial charge in [-0.15, -0.1) is 0 Å². The number of aryl methyl sites for hydroxylation is 3. The summed E-state index contributed by atoms with van der Waals surface area (Å²) in [5.74, 6) is 0.892. The van der Waals surface area contributed by atoms with E-state index < -0.39 is 0 Å². The topological polar surface area (TPSA) is 85.8 Å². The third-order valence-corrected chi connectivity index (χ3v) is 4.74. The van der Waals surface area contributed by atoms with E-state index in [9.17, 15) is 4.79 Å². The summed E-state index contributed by atoms with van der Waals surface area (Å²) in [6.45, 7) is 5.00. The molecule has 1 N–H and O–H groups in total. The SMILES string of the molecule is Cc1cc(C(=O)NCc2cn3c(n2)SCC3)c2c(C)noc2n1. The van der Waals surface area contributed by atoms with E-state index in [0.717, 1.165) is 28.8 Å². The van der Waals surface area contributed by atoms with Crippen LogP contribution in [0.2, 0.25) is 0 Å². The summed E-state index contributed by atoms with van der Waals surface area (Å²) in [4.78, 5) is 21.3. The van der Waals surface area contributed by atoms with Crippen LogP contribution >= 0.6 is 11.8 Å². The smallest absolute Gasteiger partial charge is 0.258 e. The molecule has 1 aliphatic heterocycles. The van der Waals surface area contributed by atoms with E-state index >= 15 is 0 Å². The van der Waals surface area contributed by atoms with Crippen LogP contribution < -0.4 is 5.32 Å². The molecule has 3 aromatic rings. The maximum Gasteiger partial charge on any atom is 0.258 e. The predicted molar refractivity (Wildman–Crippen MR) is 85.4 cm³/mol. The largest absolute Gasteiger partial charge is 0.346 e. The van der Waals surface area contributed by atoms with Crippen molar-refractivity contribution in [2.45, 2.75) is 32.1 Å². The number of nitrogens with one attached hydrogen (secondary N) is 1. The zero-order valence-electron chi connectivity index (χ0n) is 12.8. The van der Waals surface area contributed by atoms with Gasteiger partial charge in [0.25, 0.3) is 11.6 Å². The van der Waals surface area contributed by atoms with Gasteiger partial charge in [0.1, 0.15) is 0 Å². The summed E-state index contributed by atoms with van der Waals surface area (Å²) >= 11 is 1.74. The Hall–Kier alpha value is -2.35. The average Bonchev–Trinajstić information content (AvgIpc) is 3.19. The number of hydrogen-bond acceptors (Lipinski definition) is 6. The number of hydrogen-bond donors (Lipinski definition) is 1. The second-order valence-electron chi connectivity index (χ2n) is 5.50. The summed E-state index contributed by atoms with van der Waals surface area (Å²) < 4.78 is 7.28. The highest BCUT2D eigenvalue weighted by Crippen LogP contribution is 2.25. The van der Waals surface area contributed by atoms with Gasteiger partial charge in [-0.05, 0) is 19.9 Å². The fourth-order valence-electron chi connectivity index (χ4n) is 2.71. The Morgan fingerprint density at radius 1 is 1.43 bits per heavy atom. The summed E-state index contributed by atoms with van der Waals surface area (Å²) in [7, 11) is 0. The normalized spacial score (nSPS) is 13.5. The Balaban J connectivity index is 1.58. The van der Waals surface area contributed by atoms with Gasteiger partial charge < -0.3 is 14.4 Å². The van der Waals surface area contributed by atoms with Crippen LogP contribution in [0, 0.1) is 13.8 Å². The minimum Gasteiger partial charge on any atom is -0.346 e. The van der Waals surface area contributed by atoms with Gasteiger partial charge in [-0.25, -0.2) is 9.97 Å². The molecule has 0 atom stereocenters. The van der Waals surface area contributed by atoms with E-state index in [1.54, 1.807) is 24.8 Å². The summed E-state index contributed by atoms with van der Waals surface area (Å²) in [6, 6.07) is 1.75. The predicted octanol–water partition coefficient (Wildman–Crippen LogP) is 2.07. The van der Waals surface area contributed by atoms with Crippen LogP contribution in [0.5, 0.6) is 0 Å². The molecule has 0 fully saturated rings. The van der Waals surface area contributed by atoms with Crippen LogP contribution in [0.15, 0.2) is 21.9 Å². The summed E-state index contributed by atoms with van der Waals surface area (Å²) in [6.07, 6.45) is 1.99. The molecule has 4 rings (SSSR count). The number of imidazole rings is 1. The first-order valence-corrected chi connectivity index (χ1v) is 8.31. The molecule has 1 aliphatic rings. The van der Waals surface area contributed by atoms with E-state index in [1.807, 2.05) is 13.1 Å². The van der Waals surface area contributed by atoms with Crippen LogP contribution in [0.3, 0.4) is 0 Å². The molecule has 3 aromatic heterocycles. The molecule has 4 heterocycles. The van der Waals surface area contributed by atoms with Crippen molar-refractivity contribution in [2.24, 2.45) is 0 Å². The van der Waals surface area contributed by atoms with E-state index in [1.165, 1.54) is 0 Å². The van der Waals surface area contributed by atoms with Crippen molar-refractivity contribution in [1.82, 2.24) is 25.0 Å². The number of thioether (sulfide) groups is 1. The molecule has 0 bridgehead atoms. The highest BCUT2D eigenvalue weighted by molar-refractivity contribution is 7.99. The molecule has 0 radical (unpaired) electrons. The third-order valence-electron chi connectivity index (χ3n) is 3.77. The fourth-order valence-corrected chi connectivity index (χ4v) is 3.67. The standard InChI is InChI=1S/C15H15N5O2S/c1-8-5-11(12-9(2)19-22-14(12)17-8)13(21)16-6-10-7-20-3-4-23-15(20)18-10/h5,7H,3-4,6H2,1-2H3,(H,16,21). The molecule has 8 heteroatoms. The molecule has 1 amide bonds. The lowest BCUT2D eigenvalue weighted by atomic mass is 10.1. The van der Waals surface area contributed by atoms with Crippen molar-refractivity contribution in [1.29, 1.82) is 0 Å². The van der Waals surface area contributed by atoms with Gasteiger partial charge in [-0.1, -0.05) is 16.9 Å². The molecule has 0 unspecified atom stereocenters. The minimum atomic E-state index is -0.174. The van der Waals surface area contributed by atoms with Gasteiger partial charge in [-0.3, -0.25) is 4.79 Å². The first kappa shape index (κ1) is 14.3. The Kier molecular flexibility index (Phi) is 3.33. The molecule has 118 valence electrons.